The average Bonchev–Trinajstić information content (AvgIpc) is 2.77. The van der Waals surface area contributed by atoms with Gasteiger partial charge in [0.1, 0.15) is 0 Å². The van der Waals surface area contributed by atoms with Gasteiger partial charge in [0, 0.05) is 17.6 Å². The van der Waals surface area contributed by atoms with Crippen LogP contribution in [0.5, 0.6) is 0 Å². The fourth-order valence-electron chi connectivity index (χ4n) is 2.46. The Labute approximate surface area is 141 Å². The summed E-state index contributed by atoms with van der Waals surface area (Å²) in [5.74, 6) is 0.510. The van der Waals surface area contributed by atoms with Crippen LogP contribution in [0.4, 0.5) is 0 Å². The van der Waals surface area contributed by atoms with Crippen molar-refractivity contribution in [2.24, 2.45) is 5.92 Å². The van der Waals surface area contributed by atoms with E-state index in [-0.39, 0.29) is 5.91 Å². The second kappa shape index (κ2) is 7.92. The van der Waals surface area contributed by atoms with Crippen molar-refractivity contribution >= 4 is 49.1 Å². The van der Waals surface area contributed by atoms with E-state index in [4.69, 9.17) is 0 Å². The molecule has 2 rings (SSSR count). The van der Waals surface area contributed by atoms with Crippen LogP contribution in [0.15, 0.2) is 14.3 Å². The van der Waals surface area contributed by atoms with Crippen molar-refractivity contribution in [3.63, 3.8) is 0 Å². The Bertz CT molecular complexity index is 439. The van der Waals surface area contributed by atoms with E-state index in [0.29, 0.717) is 5.92 Å². The molecule has 1 aromatic heterocycles. The van der Waals surface area contributed by atoms with Crippen molar-refractivity contribution in [2.45, 2.75) is 26.2 Å². The third-order valence-electron chi connectivity index (χ3n) is 3.50. The first-order chi connectivity index (χ1) is 9.56. The van der Waals surface area contributed by atoms with Crippen molar-refractivity contribution in [3.05, 3.63) is 19.2 Å². The van der Waals surface area contributed by atoms with Gasteiger partial charge in [0.15, 0.2) is 0 Å². The molecule has 1 amide bonds. The van der Waals surface area contributed by atoms with E-state index >= 15 is 0 Å². The molecule has 112 valence electrons. The number of halogens is 2. The van der Waals surface area contributed by atoms with Crippen LogP contribution < -0.4 is 5.32 Å². The molecule has 0 bridgehead atoms. The minimum Gasteiger partial charge on any atom is -0.351 e. The highest BCUT2D eigenvalue weighted by molar-refractivity contribution is 9.13. The van der Waals surface area contributed by atoms with E-state index in [1.807, 2.05) is 6.07 Å². The molecule has 0 spiro atoms. The van der Waals surface area contributed by atoms with E-state index in [2.05, 4.69) is 49.0 Å². The van der Waals surface area contributed by atoms with Crippen molar-refractivity contribution in [3.8, 4) is 0 Å². The molecule has 0 radical (unpaired) electrons. The number of likely N-dealkylation sites (tertiary alicyclic amines) is 1. The monoisotopic (exact) mass is 422 g/mol. The number of rotatable bonds is 5. The molecule has 6 heteroatoms. The van der Waals surface area contributed by atoms with Crippen LogP contribution in [0.25, 0.3) is 0 Å². The normalized spacial score (nSPS) is 17.9. The predicted molar refractivity (Wildman–Crippen MR) is 91.5 cm³/mol. The van der Waals surface area contributed by atoms with Gasteiger partial charge in [-0.1, -0.05) is 13.3 Å². The molecule has 1 unspecified atom stereocenters. The number of amides is 1. The first kappa shape index (κ1) is 16.5. The SMILES string of the molecule is CC(CNC(=O)c1cc(Br)c(Br)s1)CN1CCCCC1. The quantitative estimate of drug-likeness (QED) is 0.772. The Balaban J connectivity index is 1.74. The lowest BCUT2D eigenvalue weighted by Gasteiger charge is -2.29. The summed E-state index contributed by atoms with van der Waals surface area (Å²) >= 11 is 8.28. The summed E-state index contributed by atoms with van der Waals surface area (Å²) in [5, 5.41) is 3.03. The molecule has 1 saturated heterocycles. The Hall–Kier alpha value is 0.0900. The molecule has 0 aliphatic carbocycles. The van der Waals surface area contributed by atoms with Gasteiger partial charge in [-0.25, -0.2) is 0 Å². The van der Waals surface area contributed by atoms with E-state index in [1.54, 1.807) is 0 Å². The minimum absolute atomic E-state index is 0.0203. The number of piperidine rings is 1. The second-order valence-electron chi connectivity index (χ2n) is 5.41. The number of nitrogens with zero attached hydrogens (tertiary/aromatic N) is 1. The highest BCUT2D eigenvalue weighted by Gasteiger charge is 2.16. The molecular weight excluding hydrogens is 404 g/mol. The molecule has 1 fully saturated rings. The van der Waals surface area contributed by atoms with Crippen LogP contribution in [0.1, 0.15) is 35.9 Å². The number of thiophene rings is 1. The van der Waals surface area contributed by atoms with Gasteiger partial charge in [-0.3, -0.25) is 4.79 Å². The van der Waals surface area contributed by atoms with E-state index in [1.165, 1.54) is 43.7 Å². The van der Waals surface area contributed by atoms with Gasteiger partial charge < -0.3 is 10.2 Å². The van der Waals surface area contributed by atoms with Gasteiger partial charge in [0.05, 0.1) is 8.66 Å². The third kappa shape index (κ3) is 4.83. The van der Waals surface area contributed by atoms with Crippen LogP contribution in [0, 0.1) is 5.92 Å². The fourth-order valence-corrected chi connectivity index (χ4v) is 4.41. The first-order valence-electron chi connectivity index (χ1n) is 7.01. The fraction of sp³-hybridized carbons (Fsp3) is 0.643. The second-order valence-corrected chi connectivity index (χ2v) is 8.63. The Kier molecular flexibility index (Phi) is 6.52. The summed E-state index contributed by atoms with van der Waals surface area (Å²) < 4.78 is 1.90. The molecule has 1 aliphatic heterocycles. The zero-order valence-electron chi connectivity index (χ0n) is 11.6. The van der Waals surface area contributed by atoms with Gasteiger partial charge in [-0.2, -0.15) is 0 Å². The van der Waals surface area contributed by atoms with Gasteiger partial charge in [-0.15, -0.1) is 11.3 Å². The minimum atomic E-state index is 0.0203. The maximum atomic E-state index is 12.1. The number of hydrogen-bond donors (Lipinski definition) is 1. The highest BCUT2D eigenvalue weighted by Crippen LogP contribution is 2.32. The lowest BCUT2D eigenvalue weighted by atomic mass is 10.1. The molecule has 20 heavy (non-hydrogen) atoms. The van der Waals surface area contributed by atoms with Crippen LogP contribution in [0.3, 0.4) is 0 Å². The molecule has 0 aromatic carbocycles. The summed E-state index contributed by atoms with van der Waals surface area (Å²) in [6.07, 6.45) is 4.00. The molecular formula is C14H20Br2N2OS. The van der Waals surface area contributed by atoms with Crippen LogP contribution >= 0.6 is 43.2 Å². The first-order valence-corrected chi connectivity index (χ1v) is 9.42. The highest BCUT2D eigenvalue weighted by atomic mass is 79.9. The van der Waals surface area contributed by atoms with Crippen LogP contribution in [-0.2, 0) is 0 Å². The number of hydrogen-bond acceptors (Lipinski definition) is 3. The maximum absolute atomic E-state index is 12.1. The van der Waals surface area contributed by atoms with E-state index < -0.39 is 0 Å². The lowest BCUT2D eigenvalue weighted by Crippen LogP contribution is -2.37. The van der Waals surface area contributed by atoms with Gasteiger partial charge in [0.25, 0.3) is 5.91 Å². The summed E-state index contributed by atoms with van der Waals surface area (Å²) in [6.45, 7) is 6.45. The molecule has 2 heterocycles. The average molecular weight is 424 g/mol. The predicted octanol–water partition coefficient (Wildman–Crippen LogP) is 4.12. The lowest BCUT2D eigenvalue weighted by molar-refractivity contribution is 0.0946. The summed E-state index contributed by atoms with van der Waals surface area (Å²) in [4.78, 5) is 15.3. The summed E-state index contributed by atoms with van der Waals surface area (Å²) in [7, 11) is 0. The molecule has 3 nitrogen and oxygen atoms in total. The van der Waals surface area contributed by atoms with Gasteiger partial charge in [-0.05, 0) is 69.8 Å². The van der Waals surface area contributed by atoms with Crippen LogP contribution in [0.2, 0.25) is 0 Å². The zero-order valence-corrected chi connectivity index (χ0v) is 15.6. The largest absolute Gasteiger partial charge is 0.351 e. The Morgan fingerprint density at radius 1 is 1.40 bits per heavy atom. The van der Waals surface area contributed by atoms with Gasteiger partial charge >= 0.3 is 0 Å². The number of carbonyl (C=O) groups excluding carboxylic acids is 1. The molecule has 1 aromatic rings. The summed E-state index contributed by atoms with van der Waals surface area (Å²) in [6, 6.07) is 1.86. The third-order valence-corrected chi connectivity index (χ3v) is 6.75. The van der Waals surface area contributed by atoms with Crippen molar-refractivity contribution < 1.29 is 4.79 Å². The van der Waals surface area contributed by atoms with Crippen LogP contribution in [-0.4, -0.2) is 37.0 Å². The zero-order chi connectivity index (χ0) is 14.5. The Morgan fingerprint density at radius 3 is 2.70 bits per heavy atom. The standard InChI is InChI=1S/C14H20Br2N2OS/c1-10(9-18-5-3-2-4-6-18)8-17-14(19)12-7-11(15)13(16)20-12/h7,10H,2-6,8-9H2,1H3,(H,17,19). The Morgan fingerprint density at radius 2 is 2.10 bits per heavy atom. The smallest absolute Gasteiger partial charge is 0.261 e. The molecule has 1 N–H and O–H groups in total. The van der Waals surface area contributed by atoms with Crippen molar-refractivity contribution in [1.29, 1.82) is 0 Å². The molecule has 1 atom stereocenters. The van der Waals surface area contributed by atoms with Crippen molar-refractivity contribution in [2.75, 3.05) is 26.2 Å². The summed E-state index contributed by atoms with van der Waals surface area (Å²) in [5.41, 5.74) is 0. The van der Waals surface area contributed by atoms with E-state index in [9.17, 15) is 4.79 Å². The topological polar surface area (TPSA) is 32.3 Å². The molecule has 1 aliphatic rings. The number of carbonyl (C=O) groups is 1. The number of nitrogens with one attached hydrogen (secondary N) is 1. The van der Waals surface area contributed by atoms with E-state index in [0.717, 1.165) is 26.2 Å². The van der Waals surface area contributed by atoms with Gasteiger partial charge in [0.2, 0.25) is 0 Å². The maximum Gasteiger partial charge on any atom is 0.261 e. The van der Waals surface area contributed by atoms with Crippen molar-refractivity contribution in [1.82, 2.24) is 10.2 Å². The molecule has 0 saturated carbocycles.